The molecule has 0 aliphatic carbocycles. The zero-order chi connectivity index (χ0) is 16.2. The molecule has 0 unspecified atom stereocenters. The average molecular weight is 312 g/mol. The molecule has 23 heavy (non-hydrogen) atoms. The summed E-state index contributed by atoms with van der Waals surface area (Å²) < 4.78 is 14.9. The highest BCUT2D eigenvalue weighted by Crippen LogP contribution is 2.17. The Morgan fingerprint density at radius 1 is 1.00 bits per heavy atom. The highest BCUT2D eigenvalue weighted by atomic mass is 19.1. The maximum absolute atomic E-state index is 12.9. The summed E-state index contributed by atoms with van der Waals surface area (Å²) in [7, 11) is 1.95. The van der Waals surface area contributed by atoms with Crippen LogP contribution in [0.25, 0.3) is 11.3 Å². The van der Waals surface area contributed by atoms with Crippen molar-refractivity contribution in [3.8, 4) is 11.3 Å². The van der Waals surface area contributed by atoms with Gasteiger partial charge >= 0.3 is 0 Å². The Kier molecular flexibility index (Phi) is 4.27. The number of nitrogens with zero attached hydrogens (tertiary/aromatic N) is 5. The number of rotatable bonds is 5. The largest absolute Gasteiger partial charge is 0.368 e. The van der Waals surface area contributed by atoms with Crippen LogP contribution in [0.2, 0.25) is 0 Å². The quantitative estimate of drug-likeness (QED) is 0.783. The Morgan fingerprint density at radius 3 is 2.39 bits per heavy atom. The van der Waals surface area contributed by atoms with E-state index in [4.69, 9.17) is 0 Å². The van der Waals surface area contributed by atoms with Gasteiger partial charge in [0, 0.05) is 25.6 Å². The van der Waals surface area contributed by atoms with E-state index in [-0.39, 0.29) is 5.82 Å². The van der Waals surface area contributed by atoms with E-state index in [0.717, 1.165) is 23.6 Å². The minimum Gasteiger partial charge on any atom is -0.368 e. The van der Waals surface area contributed by atoms with Crippen LogP contribution in [0.15, 0.2) is 36.4 Å². The molecule has 0 bridgehead atoms. The first-order valence-electron chi connectivity index (χ1n) is 7.32. The second kappa shape index (κ2) is 6.51. The molecule has 0 aliphatic rings. The molecular formula is C16H17FN6. The molecule has 7 heteroatoms. The van der Waals surface area contributed by atoms with Crippen LogP contribution in [-0.2, 0) is 13.5 Å². The summed E-state index contributed by atoms with van der Waals surface area (Å²) in [5.41, 5.74) is 1.54. The molecule has 0 aliphatic heterocycles. The van der Waals surface area contributed by atoms with E-state index in [1.54, 1.807) is 12.1 Å². The zero-order valence-corrected chi connectivity index (χ0v) is 13.0. The van der Waals surface area contributed by atoms with E-state index in [0.29, 0.717) is 18.1 Å². The Labute approximate surface area is 133 Å². The number of aryl methyl sites for hydroxylation is 1. The van der Waals surface area contributed by atoms with Crippen LogP contribution in [0.4, 0.5) is 10.2 Å². The summed E-state index contributed by atoms with van der Waals surface area (Å²) >= 11 is 0. The third-order valence-corrected chi connectivity index (χ3v) is 3.64. The number of anilines is 1. The maximum Gasteiger partial charge on any atom is 0.148 e. The summed E-state index contributed by atoms with van der Waals surface area (Å²) in [6.07, 6.45) is 0.749. The van der Waals surface area contributed by atoms with E-state index in [1.807, 2.05) is 30.7 Å². The fourth-order valence-corrected chi connectivity index (χ4v) is 2.17. The van der Waals surface area contributed by atoms with Gasteiger partial charge in [0.05, 0.1) is 5.69 Å². The molecule has 0 fully saturated rings. The molecule has 1 N–H and O–H groups in total. The number of halogens is 1. The molecule has 0 saturated carbocycles. The van der Waals surface area contributed by atoms with Gasteiger partial charge < -0.3 is 9.88 Å². The van der Waals surface area contributed by atoms with Gasteiger partial charge in [0.2, 0.25) is 0 Å². The minimum atomic E-state index is -0.265. The van der Waals surface area contributed by atoms with Crippen molar-refractivity contribution in [3.63, 3.8) is 0 Å². The highest BCUT2D eigenvalue weighted by molar-refractivity contribution is 5.59. The number of aromatic nitrogens is 5. The molecule has 2 aromatic heterocycles. The van der Waals surface area contributed by atoms with Crippen molar-refractivity contribution in [1.29, 1.82) is 0 Å². The van der Waals surface area contributed by atoms with Gasteiger partial charge in [-0.2, -0.15) is 0 Å². The molecule has 3 aromatic rings. The van der Waals surface area contributed by atoms with Gasteiger partial charge in [0.25, 0.3) is 0 Å². The molecule has 3 rings (SSSR count). The van der Waals surface area contributed by atoms with Crippen LogP contribution in [0.5, 0.6) is 0 Å². The lowest BCUT2D eigenvalue weighted by Gasteiger charge is -2.06. The lowest BCUT2D eigenvalue weighted by atomic mass is 10.1. The number of nitrogens with one attached hydrogen (secondary N) is 1. The van der Waals surface area contributed by atoms with Crippen molar-refractivity contribution in [2.45, 2.75) is 13.3 Å². The number of hydrogen-bond acceptors (Lipinski definition) is 5. The second-order valence-electron chi connectivity index (χ2n) is 5.21. The van der Waals surface area contributed by atoms with Crippen molar-refractivity contribution < 1.29 is 4.39 Å². The van der Waals surface area contributed by atoms with Crippen LogP contribution in [0.3, 0.4) is 0 Å². The number of benzene rings is 1. The summed E-state index contributed by atoms with van der Waals surface area (Å²) in [4.78, 5) is 0. The van der Waals surface area contributed by atoms with Crippen molar-refractivity contribution in [2.75, 3.05) is 11.9 Å². The Bertz CT molecular complexity index is 779. The van der Waals surface area contributed by atoms with Gasteiger partial charge in [-0.05, 0) is 43.3 Å². The van der Waals surface area contributed by atoms with E-state index in [2.05, 4.69) is 25.7 Å². The first kappa shape index (κ1) is 15.1. The van der Waals surface area contributed by atoms with Gasteiger partial charge in [0.1, 0.15) is 23.3 Å². The normalized spacial score (nSPS) is 10.7. The van der Waals surface area contributed by atoms with Crippen LogP contribution in [0, 0.1) is 12.7 Å². The van der Waals surface area contributed by atoms with Gasteiger partial charge in [0.15, 0.2) is 0 Å². The lowest BCUT2D eigenvalue weighted by Crippen LogP contribution is -2.10. The first-order valence-corrected chi connectivity index (χ1v) is 7.32. The third-order valence-electron chi connectivity index (χ3n) is 3.64. The maximum atomic E-state index is 12.9. The molecule has 1 aromatic carbocycles. The molecule has 0 saturated heterocycles. The van der Waals surface area contributed by atoms with Crippen LogP contribution >= 0.6 is 0 Å². The monoisotopic (exact) mass is 312 g/mol. The third kappa shape index (κ3) is 3.50. The van der Waals surface area contributed by atoms with E-state index in [9.17, 15) is 4.39 Å². The number of hydrogen-bond donors (Lipinski definition) is 1. The van der Waals surface area contributed by atoms with Crippen LogP contribution in [-0.4, -0.2) is 31.5 Å². The molecule has 0 spiro atoms. The predicted octanol–water partition coefficient (Wildman–Crippen LogP) is 2.37. The van der Waals surface area contributed by atoms with Crippen molar-refractivity contribution >= 4 is 5.82 Å². The lowest BCUT2D eigenvalue weighted by molar-refractivity contribution is 0.628. The molecular weight excluding hydrogens is 295 g/mol. The topological polar surface area (TPSA) is 68.5 Å². The minimum absolute atomic E-state index is 0.265. The summed E-state index contributed by atoms with van der Waals surface area (Å²) in [5.74, 6) is 2.24. The smallest absolute Gasteiger partial charge is 0.148 e. The van der Waals surface area contributed by atoms with Gasteiger partial charge in [-0.1, -0.05) is 0 Å². The van der Waals surface area contributed by atoms with Crippen molar-refractivity contribution in [3.05, 3.63) is 53.9 Å². The Balaban J connectivity index is 1.59. The summed E-state index contributed by atoms with van der Waals surface area (Å²) in [6.45, 7) is 2.61. The molecule has 0 atom stereocenters. The highest BCUT2D eigenvalue weighted by Gasteiger charge is 2.05. The fraction of sp³-hybridized carbons (Fsp3) is 0.250. The van der Waals surface area contributed by atoms with E-state index < -0.39 is 0 Å². The van der Waals surface area contributed by atoms with Gasteiger partial charge in [-0.15, -0.1) is 20.4 Å². The van der Waals surface area contributed by atoms with E-state index >= 15 is 0 Å². The van der Waals surface area contributed by atoms with Gasteiger partial charge in [-0.25, -0.2) is 4.39 Å². The van der Waals surface area contributed by atoms with Crippen LogP contribution in [0.1, 0.15) is 11.6 Å². The SMILES string of the molecule is Cc1nnc(CCNc2ccc(-c3ccc(F)cc3)nn2)n1C. The summed E-state index contributed by atoms with van der Waals surface area (Å²) in [6, 6.07) is 9.90. The Hall–Kier alpha value is -2.83. The van der Waals surface area contributed by atoms with Crippen LogP contribution < -0.4 is 5.32 Å². The predicted molar refractivity (Wildman–Crippen MR) is 85.4 cm³/mol. The standard InChI is InChI=1S/C16H17FN6/c1-11-19-22-16(23(11)2)9-10-18-15-8-7-14(20-21-15)12-3-5-13(17)6-4-12/h3-8H,9-10H2,1-2H3,(H,18,21). The molecule has 0 amide bonds. The zero-order valence-electron chi connectivity index (χ0n) is 13.0. The molecule has 0 radical (unpaired) electrons. The average Bonchev–Trinajstić information content (AvgIpc) is 2.88. The van der Waals surface area contributed by atoms with Gasteiger partial charge in [-0.3, -0.25) is 0 Å². The Morgan fingerprint density at radius 2 is 1.78 bits per heavy atom. The fourth-order valence-electron chi connectivity index (χ4n) is 2.17. The van der Waals surface area contributed by atoms with Crippen molar-refractivity contribution in [1.82, 2.24) is 25.0 Å². The van der Waals surface area contributed by atoms with Crippen molar-refractivity contribution in [2.24, 2.45) is 7.05 Å². The second-order valence-corrected chi connectivity index (χ2v) is 5.21. The first-order chi connectivity index (χ1) is 11.1. The molecule has 118 valence electrons. The molecule has 2 heterocycles. The van der Waals surface area contributed by atoms with E-state index in [1.165, 1.54) is 12.1 Å². The summed E-state index contributed by atoms with van der Waals surface area (Å²) in [5, 5.41) is 19.6. The molecule has 6 nitrogen and oxygen atoms in total.